The van der Waals surface area contributed by atoms with Crippen LogP contribution in [0.4, 0.5) is 0 Å². The first-order valence-corrected chi connectivity index (χ1v) is 5.96. The molecule has 0 spiro atoms. The number of aliphatic hydroxyl groups excluding tert-OH is 4. The van der Waals surface area contributed by atoms with Gasteiger partial charge in [0.25, 0.3) is 0 Å². The smallest absolute Gasteiger partial charge is 0.110 e. The topological polar surface area (TPSA) is 103 Å². The molecule has 0 aliphatic heterocycles. The Hall–Kier alpha value is -0.280. The van der Waals surface area contributed by atoms with Crippen LogP contribution >= 0.6 is 0 Å². The molecular formula is C11H25NO6. The molecule has 7 nitrogen and oxygen atoms in total. The molecule has 0 aromatic rings. The molecule has 7 heteroatoms. The van der Waals surface area contributed by atoms with Crippen molar-refractivity contribution in [1.82, 2.24) is 4.90 Å². The molecule has 2 atom stereocenters. The summed E-state index contributed by atoms with van der Waals surface area (Å²) in [6.07, 6.45) is -2.05. The summed E-state index contributed by atoms with van der Waals surface area (Å²) in [5, 5.41) is 35.7. The van der Waals surface area contributed by atoms with Gasteiger partial charge in [-0.25, -0.2) is 0 Å². The minimum absolute atomic E-state index is 0.264. The summed E-state index contributed by atoms with van der Waals surface area (Å²) in [4.78, 5) is 1.72. The Balaban J connectivity index is 4.21. The Bertz CT molecular complexity index is 178. The first-order valence-electron chi connectivity index (χ1n) is 5.96. The molecule has 0 rings (SSSR count). The molecule has 0 heterocycles. The lowest BCUT2D eigenvalue weighted by atomic mass is 10.4. The summed E-state index contributed by atoms with van der Waals surface area (Å²) in [6.45, 7) is 2.45. The molecular weight excluding hydrogens is 242 g/mol. The maximum atomic E-state index is 8.92. The number of hydrogen-bond donors (Lipinski definition) is 4. The molecule has 0 aromatic heterocycles. The monoisotopic (exact) mass is 267 g/mol. The number of hydrogen-bond acceptors (Lipinski definition) is 7. The molecule has 0 saturated heterocycles. The number of nitrogens with zero attached hydrogens (tertiary/aromatic N) is 1. The molecule has 0 bridgehead atoms. The Morgan fingerprint density at radius 1 is 0.778 bits per heavy atom. The summed E-state index contributed by atoms with van der Waals surface area (Å²) in [5.41, 5.74) is 0. The van der Waals surface area contributed by atoms with Crippen molar-refractivity contribution in [1.29, 1.82) is 0 Å². The van der Waals surface area contributed by atoms with E-state index in [1.165, 1.54) is 0 Å². The van der Waals surface area contributed by atoms with E-state index in [4.69, 9.17) is 29.9 Å². The van der Waals surface area contributed by atoms with Crippen LogP contribution in [0.5, 0.6) is 0 Å². The average Bonchev–Trinajstić information content (AvgIpc) is 2.40. The van der Waals surface area contributed by atoms with Crippen LogP contribution in [0.3, 0.4) is 0 Å². The molecule has 2 unspecified atom stereocenters. The first-order chi connectivity index (χ1) is 8.49. The van der Waals surface area contributed by atoms with E-state index < -0.39 is 12.2 Å². The second-order valence-electron chi connectivity index (χ2n) is 4.11. The predicted octanol–water partition coefficient (Wildman–Crippen LogP) is -1.65. The quantitative estimate of drug-likeness (QED) is 0.352. The largest absolute Gasteiger partial charge is 0.394 e. The molecule has 0 amide bonds. The predicted molar refractivity (Wildman–Crippen MR) is 64.8 cm³/mol. The average molecular weight is 267 g/mol. The summed E-state index contributed by atoms with van der Waals surface area (Å²) in [7, 11) is 1.74. The highest BCUT2D eigenvalue weighted by Gasteiger charge is 2.22. The highest BCUT2D eigenvalue weighted by Crippen LogP contribution is 2.09. The van der Waals surface area contributed by atoms with Crippen molar-refractivity contribution < 1.29 is 29.9 Å². The zero-order valence-corrected chi connectivity index (χ0v) is 11.2. The van der Waals surface area contributed by atoms with Gasteiger partial charge in [0.1, 0.15) is 24.7 Å². The maximum absolute atomic E-state index is 8.92. The van der Waals surface area contributed by atoms with E-state index in [0.29, 0.717) is 0 Å². The first kappa shape index (κ1) is 17.7. The van der Waals surface area contributed by atoms with E-state index in [9.17, 15) is 0 Å². The summed E-state index contributed by atoms with van der Waals surface area (Å²) in [6, 6.07) is 0. The van der Waals surface area contributed by atoms with E-state index in [-0.39, 0.29) is 38.9 Å². The van der Waals surface area contributed by atoms with E-state index in [2.05, 4.69) is 0 Å². The fraction of sp³-hybridized carbons (Fsp3) is 1.00. The van der Waals surface area contributed by atoms with E-state index in [0.717, 1.165) is 0 Å². The van der Waals surface area contributed by atoms with Crippen molar-refractivity contribution >= 4 is 0 Å². The van der Waals surface area contributed by atoms with E-state index >= 15 is 0 Å². The molecule has 0 fully saturated rings. The Morgan fingerprint density at radius 2 is 1.06 bits per heavy atom. The van der Waals surface area contributed by atoms with Gasteiger partial charge in [0.15, 0.2) is 0 Å². The molecule has 4 N–H and O–H groups in total. The second-order valence-corrected chi connectivity index (χ2v) is 4.11. The Morgan fingerprint density at radius 3 is 1.28 bits per heavy atom. The molecule has 110 valence electrons. The van der Waals surface area contributed by atoms with Crippen LogP contribution in [-0.2, 0) is 9.47 Å². The van der Waals surface area contributed by atoms with Gasteiger partial charge in [0.2, 0.25) is 0 Å². The number of rotatable bonds is 10. The lowest BCUT2D eigenvalue weighted by molar-refractivity contribution is -0.183. The van der Waals surface area contributed by atoms with Crippen molar-refractivity contribution in [3.05, 3.63) is 0 Å². The van der Waals surface area contributed by atoms with Gasteiger partial charge in [-0.3, -0.25) is 4.90 Å². The van der Waals surface area contributed by atoms with Gasteiger partial charge in [0.05, 0.1) is 26.4 Å². The lowest BCUT2D eigenvalue weighted by Gasteiger charge is -2.33. The van der Waals surface area contributed by atoms with E-state index in [1.807, 2.05) is 0 Å². The third-order valence-corrected chi connectivity index (χ3v) is 2.74. The maximum Gasteiger partial charge on any atom is 0.110 e. The lowest BCUT2D eigenvalue weighted by Crippen LogP contribution is -2.45. The third kappa shape index (κ3) is 6.05. The minimum Gasteiger partial charge on any atom is -0.394 e. The zero-order chi connectivity index (χ0) is 14.1. The highest BCUT2D eigenvalue weighted by molar-refractivity contribution is 4.62. The summed E-state index contributed by atoms with van der Waals surface area (Å²) in [5.74, 6) is 0. The van der Waals surface area contributed by atoms with Crippen LogP contribution in [0.1, 0.15) is 13.8 Å². The molecule has 0 radical (unpaired) electrons. The molecule has 0 aromatic carbocycles. The third-order valence-electron chi connectivity index (χ3n) is 2.74. The van der Waals surface area contributed by atoms with Crippen LogP contribution in [0, 0.1) is 0 Å². The minimum atomic E-state index is -0.638. The highest BCUT2D eigenvalue weighted by atomic mass is 16.6. The van der Waals surface area contributed by atoms with Crippen LogP contribution in [0.25, 0.3) is 0 Å². The molecule has 0 aliphatic rings. The van der Waals surface area contributed by atoms with Gasteiger partial charge in [0, 0.05) is 0 Å². The van der Waals surface area contributed by atoms with Gasteiger partial charge < -0.3 is 29.9 Å². The normalized spacial score (nSPS) is 15.7. The Kier molecular flexibility index (Phi) is 9.47. The van der Waals surface area contributed by atoms with Crippen molar-refractivity contribution in [3.63, 3.8) is 0 Å². The fourth-order valence-electron chi connectivity index (χ4n) is 1.33. The number of ether oxygens (including phenoxy) is 2. The second kappa shape index (κ2) is 9.62. The SMILES string of the molecule is CC(OC(CO)CO)N(C)C(C)OC(CO)CO. The standard InChI is InChI=1S/C11H25NO6/c1-8(17-10(4-13)5-14)12(3)9(2)18-11(6-15)7-16/h8-11,13-16H,4-7H2,1-3H3. The van der Waals surface area contributed by atoms with Crippen molar-refractivity contribution in [2.45, 2.75) is 38.5 Å². The summed E-state index contributed by atoms with van der Waals surface area (Å²) < 4.78 is 10.8. The summed E-state index contributed by atoms with van der Waals surface area (Å²) >= 11 is 0. The van der Waals surface area contributed by atoms with Crippen LogP contribution in [0.15, 0.2) is 0 Å². The van der Waals surface area contributed by atoms with Crippen LogP contribution in [-0.4, -0.2) is 83.5 Å². The van der Waals surface area contributed by atoms with Gasteiger partial charge in [-0.1, -0.05) is 0 Å². The van der Waals surface area contributed by atoms with Crippen molar-refractivity contribution in [2.24, 2.45) is 0 Å². The van der Waals surface area contributed by atoms with E-state index in [1.54, 1.807) is 25.8 Å². The number of aliphatic hydroxyl groups is 4. The van der Waals surface area contributed by atoms with Gasteiger partial charge in [-0.15, -0.1) is 0 Å². The van der Waals surface area contributed by atoms with Crippen molar-refractivity contribution in [2.75, 3.05) is 33.5 Å². The molecule has 0 aliphatic carbocycles. The van der Waals surface area contributed by atoms with Gasteiger partial charge in [-0.2, -0.15) is 0 Å². The van der Waals surface area contributed by atoms with Crippen LogP contribution < -0.4 is 0 Å². The molecule has 18 heavy (non-hydrogen) atoms. The Labute approximate surface area is 108 Å². The fourth-order valence-corrected chi connectivity index (χ4v) is 1.33. The van der Waals surface area contributed by atoms with Gasteiger partial charge >= 0.3 is 0 Å². The van der Waals surface area contributed by atoms with Gasteiger partial charge in [-0.05, 0) is 20.9 Å². The van der Waals surface area contributed by atoms with Crippen molar-refractivity contribution in [3.8, 4) is 0 Å². The molecule has 0 saturated carbocycles. The zero-order valence-electron chi connectivity index (χ0n) is 11.2. The van der Waals surface area contributed by atoms with Crippen LogP contribution in [0.2, 0.25) is 0 Å².